The van der Waals surface area contributed by atoms with Crippen LogP contribution in [0.25, 0.3) is 10.2 Å². The second-order valence-corrected chi connectivity index (χ2v) is 5.98. The summed E-state index contributed by atoms with van der Waals surface area (Å²) in [5.74, 6) is 1.08. The number of nitrogens with one attached hydrogen (secondary N) is 1. The monoisotopic (exact) mass is 248 g/mol. The number of aromatic nitrogens is 2. The smallest absolute Gasteiger partial charge is 0.150 e. The van der Waals surface area contributed by atoms with Gasteiger partial charge in [-0.3, -0.25) is 0 Å². The fourth-order valence-electron chi connectivity index (χ4n) is 2.32. The van der Waals surface area contributed by atoms with E-state index in [2.05, 4.69) is 45.5 Å². The Balaban J connectivity index is 2.00. The van der Waals surface area contributed by atoms with Crippen LogP contribution in [0, 0.1) is 0 Å². The van der Waals surface area contributed by atoms with Gasteiger partial charge >= 0.3 is 0 Å². The van der Waals surface area contributed by atoms with E-state index in [1.54, 1.807) is 17.7 Å². The van der Waals surface area contributed by atoms with Gasteiger partial charge in [0.25, 0.3) is 0 Å². The van der Waals surface area contributed by atoms with Crippen LogP contribution in [0.3, 0.4) is 0 Å². The minimum Gasteiger partial charge on any atom is -0.352 e. The number of hydrogen-bond acceptors (Lipinski definition) is 5. The number of hydrogen-bond donors (Lipinski definition) is 1. The Labute approximate surface area is 105 Å². The van der Waals surface area contributed by atoms with Crippen molar-refractivity contribution in [2.45, 2.75) is 19.4 Å². The quantitative estimate of drug-likeness (QED) is 0.836. The standard InChI is InChI=1S/C12H16N4S/c1-12(2)7-16(5-4-15-12)11-10-9(3-6-17-10)13-8-14-11/h3,6,8,15H,4-5,7H2,1-2H3. The van der Waals surface area contributed by atoms with E-state index in [1.165, 1.54) is 4.70 Å². The first-order valence-corrected chi connectivity index (χ1v) is 6.72. The van der Waals surface area contributed by atoms with Gasteiger partial charge in [0.2, 0.25) is 0 Å². The van der Waals surface area contributed by atoms with Gasteiger partial charge in [-0.2, -0.15) is 0 Å². The molecule has 5 heteroatoms. The average molecular weight is 248 g/mol. The van der Waals surface area contributed by atoms with E-state index in [0.717, 1.165) is 31.0 Å². The summed E-state index contributed by atoms with van der Waals surface area (Å²) in [6.07, 6.45) is 1.67. The van der Waals surface area contributed by atoms with Gasteiger partial charge in [-0.15, -0.1) is 11.3 Å². The van der Waals surface area contributed by atoms with Crippen LogP contribution in [0.4, 0.5) is 5.82 Å². The van der Waals surface area contributed by atoms with Gasteiger partial charge in [-0.25, -0.2) is 9.97 Å². The minimum atomic E-state index is 0.146. The van der Waals surface area contributed by atoms with Crippen molar-refractivity contribution in [3.63, 3.8) is 0 Å². The lowest BCUT2D eigenvalue weighted by Gasteiger charge is -2.39. The van der Waals surface area contributed by atoms with Crippen LogP contribution in [-0.4, -0.2) is 35.1 Å². The molecule has 0 radical (unpaired) electrons. The lowest BCUT2D eigenvalue weighted by molar-refractivity contribution is 0.352. The molecule has 1 N–H and O–H groups in total. The van der Waals surface area contributed by atoms with Crippen molar-refractivity contribution in [1.82, 2.24) is 15.3 Å². The highest BCUT2D eigenvalue weighted by Gasteiger charge is 2.27. The highest BCUT2D eigenvalue weighted by molar-refractivity contribution is 7.17. The first-order valence-electron chi connectivity index (χ1n) is 5.84. The number of piperazine rings is 1. The van der Waals surface area contributed by atoms with Crippen molar-refractivity contribution in [2.75, 3.05) is 24.5 Å². The lowest BCUT2D eigenvalue weighted by atomic mass is 10.0. The minimum absolute atomic E-state index is 0.146. The van der Waals surface area contributed by atoms with E-state index in [-0.39, 0.29) is 5.54 Å². The van der Waals surface area contributed by atoms with Crippen molar-refractivity contribution in [3.05, 3.63) is 17.8 Å². The fourth-order valence-corrected chi connectivity index (χ4v) is 3.18. The normalized spacial score (nSPS) is 19.8. The second-order valence-electron chi connectivity index (χ2n) is 5.06. The Morgan fingerprint density at radius 2 is 2.29 bits per heavy atom. The third-order valence-corrected chi connectivity index (χ3v) is 3.99. The number of anilines is 1. The van der Waals surface area contributed by atoms with Crippen LogP contribution < -0.4 is 10.2 Å². The Kier molecular flexibility index (Phi) is 2.52. The first kappa shape index (κ1) is 10.9. The summed E-state index contributed by atoms with van der Waals surface area (Å²) in [5.41, 5.74) is 1.20. The molecule has 2 aromatic heterocycles. The predicted molar refractivity (Wildman–Crippen MR) is 71.7 cm³/mol. The Bertz CT molecular complexity index is 534. The maximum absolute atomic E-state index is 4.47. The van der Waals surface area contributed by atoms with Crippen molar-refractivity contribution in [1.29, 1.82) is 0 Å². The van der Waals surface area contributed by atoms with Crippen LogP contribution in [0.15, 0.2) is 17.8 Å². The molecule has 90 valence electrons. The van der Waals surface area contributed by atoms with E-state index in [1.807, 2.05) is 0 Å². The summed E-state index contributed by atoms with van der Waals surface area (Å²) in [5, 5.41) is 5.60. The molecule has 1 saturated heterocycles. The zero-order chi connectivity index (χ0) is 11.9. The first-order chi connectivity index (χ1) is 8.16. The van der Waals surface area contributed by atoms with Gasteiger partial charge in [0.1, 0.15) is 12.1 Å². The largest absolute Gasteiger partial charge is 0.352 e. The molecule has 1 fully saturated rings. The van der Waals surface area contributed by atoms with Gasteiger partial charge in [-0.05, 0) is 25.3 Å². The van der Waals surface area contributed by atoms with E-state index in [0.29, 0.717) is 0 Å². The van der Waals surface area contributed by atoms with Crippen LogP contribution in [0.2, 0.25) is 0 Å². The van der Waals surface area contributed by atoms with Gasteiger partial charge in [-0.1, -0.05) is 0 Å². The third kappa shape index (κ3) is 2.00. The molecule has 0 aliphatic carbocycles. The second kappa shape index (κ2) is 3.92. The molecule has 3 heterocycles. The van der Waals surface area contributed by atoms with Crippen molar-refractivity contribution >= 4 is 27.4 Å². The molecule has 0 bridgehead atoms. The van der Waals surface area contributed by atoms with Crippen molar-refractivity contribution in [3.8, 4) is 0 Å². The molecule has 0 saturated carbocycles. The maximum Gasteiger partial charge on any atom is 0.150 e. The summed E-state index contributed by atoms with van der Waals surface area (Å²) in [7, 11) is 0. The molecular weight excluding hydrogens is 232 g/mol. The molecule has 0 unspecified atom stereocenters. The van der Waals surface area contributed by atoms with Crippen molar-refractivity contribution in [2.24, 2.45) is 0 Å². The fraction of sp³-hybridized carbons (Fsp3) is 0.500. The van der Waals surface area contributed by atoms with Crippen LogP contribution >= 0.6 is 11.3 Å². The van der Waals surface area contributed by atoms with E-state index < -0.39 is 0 Å². The molecule has 17 heavy (non-hydrogen) atoms. The molecule has 0 atom stereocenters. The molecule has 1 aliphatic heterocycles. The predicted octanol–water partition coefficient (Wildman–Crippen LogP) is 1.88. The van der Waals surface area contributed by atoms with Gasteiger partial charge in [0.15, 0.2) is 0 Å². The molecule has 0 amide bonds. The van der Waals surface area contributed by atoms with Crippen LogP contribution in [-0.2, 0) is 0 Å². The Hall–Kier alpha value is -1.20. The van der Waals surface area contributed by atoms with Gasteiger partial charge in [0.05, 0.1) is 10.2 Å². The molecule has 0 aromatic carbocycles. The van der Waals surface area contributed by atoms with E-state index >= 15 is 0 Å². The van der Waals surface area contributed by atoms with Gasteiger partial charge < -0.3 is 10.2 Å². The summed E-state index contributed by atoms with van der Waals surface area (Å²) in [6.45, 7) is 7.45. The molecular formula is C12H16N4S. The molecule has 2 aromatic rings. The summed E-state index contributed by atoms with van der Waals surface area (Å²) < 4.78 is 1.20. The summed E-state index contributed by atoms with van der Waals surface area (Å²) in [4.78, 5) is 11.1. The van der Waals surface area contributed by atoms with E-state index in [9.17, 15) is 0 Å². The van der Waals surface area contributed by atoms with E-state index in [4.69, 9.17) is 0 Å². The summed E-state index contributed by atoms with van der Waals surface area (Å²) in [6, 6.07) is 2.05. The molecule has 0 spiro atoms. The van der Waals surface area contributed by atoms with Crippen molar-refractivity contribution < 1.29 is 0 Å². The molecule has 4 nitrogen and oxygen atoms in total. The third-order valence-electron chi connectivity index (χ3n) is 3.10. The average Bonchev–Trinajstić information content (AvgIpc) is 2.75. The number of nitrogens with zero attached hydrogens (tertiary/aromatic N) is 3. The Morgan fingerprint density at radius 3 is 3.12 bits per heavy atom. The number of thiophene rings is 1. The highest BCUT2D eigenvalue weighted by Crippen LogP contribution is 2.29. The topological polar surface area (TPSA) is 41.1 Å². The number of fused-ring (bicyclic) bond motifs is 1. The Morgan fingerprint density at radius 1 is 1.41 bits per heavy atom. The lowest BCUT2D eigenvalue weighted by Crippen LogP contribution is -2.57. The highest BCUT2D eigenvalue weighted by atomic mass is 32.1. The molecule has 3 rings (SSSR count). The zero-order valence-corrected chi connectivity index (χ0v) is 10.9. The SMILES string of the molecule is CC1(C)CN(c2ncnc3ccsc23)CCN1. The molecule has 1 aliphatic rings. The zero-order valence-electron chi connectivity index (χ0n) is 10.1. The van der Waals surface area contributed by atoms with Crippen LogP contribution in [0.1, 0.15) is 13.8 Å². The maximum atomic E-state index is 4.47. The summed E-state index contributed by atoms with van der Waals surface area (Å²) >= 11 is 1.72. The van der Waals surface area contributed by atoms with Gasteiger partial charge in [0, 0.05) is 25.2 Å². The van der Waals surface area contributed by atoms with Crippen LogP contribution in [0.5, 0.6) is 0 Å². The number of rotatable bonds is 1.